The van der Waals surface area contributed by atoms with Gasteiger partial charge < -0.3 is 11.5 Å². The molecule has 0 rings (SSSR count). The minimum atomic E-state index is -0.468. The molecule has 0 aliphatic heterocycles. The summed E-state index contributed by atoms with van der Waals surface area (Å²) in [5, 5.41) is 0. The Morgan fingerprint density at radius 1 is 1.50 bits per heavy atom. The van der Waals surface area contributed by atoms with Crippen molar-refractivity contribution in [3.8, 4) is 0 Å². The Morgan fingerprint density at radius 2 is 1.90 bits per heavy atom. The third-order valence-electron chi connectivity index (χ3n) is 1.09. The molecule has 0 bridgehead atoms. The summed E-state index contributed by atoms with van der Waals surface area (Å²) in [4.78, 5) is 10.3. The molecule has 1 atom stereocenters. The molecule has 0 aliphatic rings. The van der Waals surface area contributed by atoms with E-state index in [-0.39, 0.29) is 13.5 Å². The van der Waals surface area contributed by atoms with E-state index in [1.54, 1.807) is 0 Å². The topological polar surface area (TPSA) is 69.1 Å². The highest BCUT2D eigenvalue weighted by Gasteiger charge is 2.09. The quantitative estimate of drug-likeness (QED) is 0.614. The van der Waals surface area contributed by atoms with Gasteiger partial charge in [0.05, 0.1) is 6.04 Å². The Balaban J connectivity index is 0. The predicted octanol–water partition coefficient (Wildman–Crippen LogP) is -0.0421. The first-order chi connectivity index (χ1) is 4.04. The SMILES string of the molecule is CC(C)C[C@H](N)C(N)=O.S. The molecule has 4 heteroatoms. The van der Waals surface area contributed by atoms with Crippen molar-refractivity contribution < 1.29 is 4.79 Å². The monoisotopic (exact) mass is 164 g/mol. The molecule has 0 spiro atoms. The van der Waals surface area contributed by atoms with E-state index in [9.17, 15) is 4.79 Å². The minimum Gasteiger partial charge on any atom is -0.368 e. The number of rotatable bonds is 3. The summed E-state index contributed by atoms with van der Waals surface area (Å²) in [7, 11) is 0. The van der Waals surface area contributed by atoms with Crippen LogP contribution in [0.2, 0.25) is 0 Å². The number of hydrogen-bond acceptors (Lipinski definition) is 2. The summed E-state index contributed by atoms with van der Waals surface area (Å²) in [6.07, 6.45) is 0.676. The van der Waals surface area contributed by atoms with Gasteiger partial charge in [-0.3, -0.25) is 4.79 Å². The van der Waals surface area contributed by atoms with Crippen molar-refractivity contribution in [2.75, 3.05) is 0 Å². The molecule has 0 aromatic rings. The van der Waals surface area contributed by atoms with Gasteiger partial charge in [0.15, 0.2) is 0 Å². The molecular weight excluding hydrogens is 148 g/mol. The average molecular weight is 164 g/mol. The molecule has 4 N–H and O–H groups in total. The molecule has 1 amide bonds. The lowest BCUT2D eigenvalue weighted by molar-refractivity contribution is -0.119. The first-order valence-corrected chi connectivity index (χ1v) is 3.09. The van der Waals surface area contributed by atoms with Crippen LogP contribution in [0.1, 0.15) is 20.3 Å². The summed E-state index contributed by atoms with van der Waals surface area (Å²) in [5.41, 5.74) is 10.3. The zero-order chi connectivity index (χ0) is 7.44. The van der Waals surface area contributed by atoms with Crippen molar-refractivity contribution >= 4 is 19.4 Å². The van der Waals surface area contributed by atoms with Crippen molar-refractivity contribution in [2.24, 2.45) is 17.4 Å². The van der Waals surface area contributed by atoms with Crippen molar-refractivity contribution in [3.05, 3.63) is 0 Å². The standard InChI is InChI=1S/C6H14N2O.H2S/c1-4(2)3-5(7)6(8)9;/h4-5H,3,7H2,1-2H3,(H2,8,9);1H2/t5-;/m0./s1. The lowest BCUT2D eigenvalue weighted by Crippen LogP contribution is -2.37. The van der Waals surface area contributed by atoms with Gasteiger partial charge in [0.2, 0.25) is 5.91 Å². The second-order valence-electron chi connectivity index (χ2n) is 2.64. The van der Waals surface area contributed by atoms with Crippen molar-refractivity contribution in [2.45, 2.75) is 26.3 Å². The Labute approximate surface area is 68.6 Å². The molecule has 62 valence electrons. The number of amides is 1. The van der Waals surface area contributed by atoms with E-state index >= 15 is 0 Å². The van der Waals surface area contributed by atoms with Crippen molar-refractivity contribution in [1.82, 2.24) is 0 Å². The predicted molar refractivity (Wildman–Crippen MR) is 47.0 cm³/mol. The fourth-order valence-corrected chi connectivity index (χ4v) is 0.624. The molecule has 0 heterocycles. The number of nitrogens with two attached hydrogens (primary N) is 2. The minimum absolute atomic E-state index is 0. The van der Waals surface area contributed by atoms with Crippen LogP contribution in [0.25, 0.3) is 0 Å². The van der Waals surface area contributed by atoms with E-state index in [1.807, 2.05) is 13.8 Å². The van der Waals surface area contributed by atoms with Crippen LogP contribution in [-0.4, -0.2) is 11.9 Å². The maximum absolute atomic E-state index is 10.3. The van der Waals surface area contributed by atoms with Crippen LogP contribution in [0.4, 0.5) is 0 Å². The van der Waals surface area contributed by atoms with Crippen LogP contribution in [-0.2, 0) is 4.79 Å². The highest BCUT2D eigenvalue weighted by molar-refractivity contribution is 7.59. The van der Waals surface area contributed by atoms with Crippen molar-refractivity contribution in [1.29, 1.82) is 0 Å². The largest absolute Gasteiger partial charge is 0.368 e. The van der Waals surface area contributed by atoms with E-state index in [2.05, 4.69) is 0 Å². The molecule has 0 saturated heterocycles. The number of hydrogen-bond donors (Lipinski definition) is 2. The van der Waals surface area contributed by atoms with E-state index in [1.165, 1.54) is 0 Å². The highest BCUT2D eigenvalue weighted by atomic mass is 32.1. The lowest BCUT2D eigenvalue weighted by atomic mass is 10.0. The molecule has 10 heavy (non-hydrogen) atoms. The summed E-state index contributed by atoms with van der Waals surface area (Å²) >= 11 is 0. The second-order valence-corrected chi connectivity index (χ2v) is 2.64. The van der Waals surface area contributed by atoms with Crippen molar-refractivity contribution in [3.63, 3.8) is 0 Å². The first kappa shape index (κ1) is 12.5. The van der Waals surface area contributed by atoms with Gasteiger partial charge in [0.25, 0.3) is 0 Å². The summed E-state index contributed by atoms with van der Waals surface area (Å²) in [6.45, 7) is 4.01. The lowest BCUT2D eigenvalue weighted by Gasteiger charge is -2.08. The molecule has 0 unspecified atom stereocenters. The van der Waals surface area contributed by atoms with Crippen LogP contribution < -0.4 is 11.5 Å². The number of carbonyl (C=O) groups excluding carboxylic acids is 1. The summed E-state index contributed by atoms with van der Waals surface area (Å²) < 4.78 is 0. The van der Waals surface area contributed by atoms with Crippen LogP contribution in [0.15, 0.2) is 0 Å². The van der Waals surface area contributed by atoms with Crippen LogP contribution in [0.5, 0.6) is 0 Å². The van der Waals surface area contributed by atoms with E-state index in [0.29, 0.717) is 12.3 Å². The molecule has 0 saturated carbocycles. The summed E-state index contributed by atoms with van der Waals surface area (Å²) in [6, 6.07) is -0.468. The molecule has 0 aromatic carbocycles. The van der Waals surface area contributed by atoms with Gasteiger partial charge in [-0.1, -0.05) is 13.8 Å². The molecule has 0 fully saturated rings. The smallest absolute Gasteiger partial charge is 0.234 e. The zero-order valence-electron chi connectivity index (χ0n) is 6.42. The third kappa shape index (κ3) is 5.91. The van der Waals surface area contributed by atoms with Gasteiger partial charge in [-0.15, -0.1) is 0 Å². The fraction of sp³-hybridized carbons (Fsp3) is 0.833. The molecule has 3 nitrogen and oxygen atoms in total. The highest BCUT2D eigenvalue weighted by Crippen LogP contribution is 2.00. The van der Waals surface area contributed by atoms with Gasteiger partial charge in [0, 0.05) is 0 Å². The third-order valence-corrected chi connectivity index (χ3v) is 1.09. The average Bonchev–Trinajstić information content (AvgIpc) is 1.63. The molecule has 0 aliphatic carbocycles. The normalized spacial score (nSPS) is 12.4. The number of carbonyl (C=O) groups is 1. The molecular formula is C6H16N2OS. The van der Waals surface area contributed by atoms with Crippen LogP contribution in [0, 0.1) is 5.92 Å². The Bertz CT molecular complexity index is 106. The number of primary amides is 1. The van der Waals surface area contributed by atoms with Crippen LogP contribution in [0.3, 0.4) is 0 Å². The first-order valence-electron chi connectivity index (χ1n) is 3.09. The van der Waals surface area contributed by atoms with Gasteiger partial charge in [-0.2, -0.15) is 13.5 Å². The maximum atomic E-state index is 10.3. The van der Waals surface area contributed by atoms with Gasteiger partial charge in [0.1, 0.15) is 0 Å². The molecule has 0 radical (unpaired) electrons. The Morgan fingerprint density at radius 3 is 2.00 bits per heavy atom. The van der Waals surface area contributed by atoms with Gasteiger partial charge in [-0.05, 0) is 12.3 Å². The van der Waals surface area contributed by atoms with E-state index in [4.69, 9.17) is 11.5 Å². The maximum Gasteiger partial charge on any atom is 0.234 e. The second kappa shape index (κ2) is 5.56. The fourth-order valence-electron chi connectivity index (χ4n) is 0.624. The molecule has 0 aromatic heterocycles. The van der Waals surface area contributed by atoms with Gasteiger partial charge >= 0.3 is 0 Å². The van der Waals surface area contributed by atoms with Gasteiger partial charge in [-0.25, -0.2) is 0 Å². The van der Waals surface area contributed by atoms with Crippen LogP contribution >= 0.6 is 13.5 Å². The summed E-state index contributed by atoms with van der Waals surface area (Å²) in [5.74, 6) is 0.0243. The zero-order valence-corrected chi connectivity index (χ0v) is 7.42. The van der Waals surface area contributed by atoms with E-state index < -0.39 is 11.9 Å². The Hall–Kier alpha value is -0.220. The Kier molecular flexibility index (Phi) is 6.92. The van der Waals surface area contributed by atoms with E-state index in [0.717, 1.165) is 0 Å².